The van der Waals surface area contributed by atoms with Gasteiger partial charge in [-0.25, -0.2) is 4.68 Å². The molecule has 2 N–H and O–H groups in total. The Labute approximate surface area is 202 Å². The summed E-state index contributed by atoms with van der Waals surface area (Å²) in [4.78, 5) is 12.9. The lowest BCUT2D eigenvalue weighted by Gasteiger charge is -2.34. The highest BCUT2D eigenvalue weighted by molar-refractivity contribution is 6.35. The van der Waals surface area contributed by atoms with E-state index in [1.54, 1.807) is 18.2 Å². The summed E-state index contributed by atoms with van der Waals surface area (Å²) in [5.74, 6) is 0.0971. The number of nitrogens with zero attached hydrogens (tertiary/aromatic N) is 2. The summed E-state index contributed by atoms with van der Waals surface area (Å²) in [6, 6.07) is 6.58. The van der Waals surface area contributed by atoms with Crippen molar-refractivity contribution in [2.75, 3.05) is 24.9 Å². The number of anilines is 2. The molecule has 3 aromatic rings. The van der Waals surface area contributed by atoms with E-state index in [0.29, 0.717) is 32.8 Å². The number of benzene rings is 2. The zero-order valence-electron chi connectivity index (χ0n) is 17.9. The van der Waals surface area contributed by atoms with Gasteiger partial charge < -0.3 is 20.1 Å². The minimum atomic E-state index is -4.59. The topological polar surface area (TPSA) is 77.4 Å². The Kier molecular flexibility index (Phi) is 6.55. The number of ether oxygens (including phenoxy) is 2. The summed E-state index contributed by atoms with van der Waals surface area (Å²) in [7, 11) is 2.90. The van der Waals surface area contributed by atoms with E-state index in [9.17, 15) is 18.0 Å². The molecule has 2 aromatic carbocycles. The fraction of sp³-hybridized carbons (Fsp3) is 0.273. The maximum Gasteiger partial charge on any atom is 0.410 e. The number of amides is 1. The summed E-state index contributed by atoms with van der Waals surface area (Å²) < 4.78 is 53.2. The van der Waals surface area contributed by atoms with Gasteiger partial charge in [-0.15, -0.1) is 0 Å². The number of fused-ring (bicyclic) bond motifs is 1. The Balaban J connectivity index is 1.70. The molecule has 0 saturated carbocycles. The highest BCUT2D eigenvalue weighted by Gasteiger charge is 2.47. The molecule has 34 heavy (non-hydrogen) atoms. The third kappa shape index (κ3) is 4.74. The fourth-order valence-electron chi connectivity index (χ4n) is 3.84. The molecule has 0 spiro atoms. The summed E-state index contributed by atoms with van der Waals surface area (Å²) in [6.07, 6.45) is -3.83. The molecule has 0 bridgehead atoms. The molecular weight excluding hydrogens is 496 g/mol. The van der Waals surface area contributed by atoms with Crippen LogP contribution < -0.4 is 20.1 Å². The van der Waals surface area contributed by atoms with E-state index in [1.165, 1.54) is 32.4 Å². The molecule has 12 heteroatoms. The Morgan fingerprint density at radius 1 is 1.12 bits per heavy atom. The molecule has 1 aliphatic rings. The molecule has 1 amide bonds. The van der Waals surface area contributed by atoms with Crippen molar-refractivity contribution >= 4 is 40.6 Å². The number of hydrogen-bond acceptors (Lipinski definition) is 5. The van der Waals surface area contributed by atoms with Crippen molar-refractivity contribution in [1.29, 1.82) is 0 Å². The van der Waals surface area contributed by atoms with Gasteiger partial charge in [-0.2, -0.15) is 18.3 Å². The molecule has 1 aliphatic heterocycles. The summed E-state index contributed by atoms with van der Waals surface area (Å²) in [6.45, 7) is 0. The van der Waals surface area contributed by atoms with E-state index >= 15 is 0 Å². The first-order valence-electron chi connectivity index (χ1n) is 10.0. The zero-order valence-corrected chi connectivity index (χ0v) is 19.4. The Morgan fingerprint density at radius 3 is 2.41 bits per heavy atom. The van der Waals surface area contributed by atoms with Gasteiger partial charge in [0, 0.05) is 22.2 Å². The second-order valence-electron chi connectivity index (χ2n) is 7.57. The lowest BCUT2D eigenvalue weighted by atomic mass is 9.96. The number of alkyl halides is 3. The van der Waals surface area contributed by atoms with Gasteiger partial charge in [0.25, 0.3) is 5.91 Å². The Morgan fingerprint density at radius 2 is 1.79 bits per heavy atom. The molecule has 0 aliphatic carbocycles. The van der Waals surface area contributed by atoms with E-state index in [-0.39, 0.29) is 17.8 Å². The zero-order chi connectivity index (χ0) is 24.6. The number of rotatable bonds is 5. The van der Waals surface area contributed by atoms with Gasteiger partial charge in [-0.3, -0.25) is 4.79 Å². The van der Waals surface area contributed by atoms with Crippen molar-refractivity contribution in [1.82, 2.24) is 9.78 Å². The van der Waals surface area contributed by atoms with Gasteiger partial charge in [0.15, 0.2) is 17.5 Å². The van der Waals surface area contributed by atoms with Crippen molar-refractivity contribution in [3.63, 3.8) is 0 Å². The molecule has 0 unspecified atom stereocenters. The van der Waals surface area contributed by atoms with E-state index in [2.05, 4.69) is 15.7 Å². The van der Waals surface area contributed by atoms with Crippen LogP contribution >= 0.6 is 23.2 Å². The number of carbonyl (C=O) groups is 1. The lowest BCUT2D eigenvalue weighted by Crippen LogP contribution is -2.36. The minimum absolute atomic E-state index is 0.0565. The SMILES string of the molecule is COc1ccc([C@@H]2C[C@@H](C(F)(F)F)n3ncc(C(=O)Nc4cc(Cl)cc(Cl)c4)c3N2)cc1OC. The van der Waals surface area contributed by atoms with Crippen molar-refractivity contribution in [3.05, 3.63) is 63.8 Å². The molecule has 0 fully saturated rings. The van der Waals surface area contributed by atoms with Crippen LogP contribution in [-0.2, 0) is 0 Å². The Bertz CT molecular complexity index is 1210. The second-order valence-corrected chi connectivity index (χ2v) is 8.44. The van der Waals surface area contributed by atoms with E-state index in [0.717, 1.165) is 10.9 Å². The molecule has 0 radical (unpaired) electrons. The van der Waals surface area contributed by atoms with E-state index in [4.69, 9.17) is 32.7 Å². The molecule has 180 valence electrons. The first-order chi connectivity index (χ1) is 16.1. The number of methoxy groups -OCH3 is 2. The number of halogens is 5. The van der Waals surface area contributed by atoms with Crippen LogP contribution in [0, 0.1) is 0 Å². The van der Waals surface area contributed by atoms with Crippen molar-refractivity contribution in [3.8, 4) is 11.5 Å². The minimum Gasteiger partial charge on any atom is -0.493 e. The third-order valence-corrected chi connectivity index (χ3v) is 5.85. The van der Waals surface area contributed by atoms with Gasteiger partial charge in [-0.05, 0) is 35.9 Å². The van der Waals surface area contributed by atoms with Gasteiger partial charge in [0.2, 0.25) is 0 Å². The van der Waals surface area contributed by atoms with Crippen LogP contribution in [0.25, 0.3) is 0 Å². The van der Waals surface area contributed by atoms with Crippen LogP contribution in [0.3, 0.4) is 0 Å². The Hall–Kier alpha value is -3.11. The standard InChI is InChI=1S/C22H19Cl2F3N4O3/c1-33-17-4-3-11(5-18(17)34-2)16-9-19(22(25,26)27)31-20(30-16)15(10-28-31)21(32)29-14-7-12(23)6-13(24)8-14/h3-8,10,16,19,30H,9H2,1-2H3,(H,29,32)/t16-,19-/m0/s1. The predicted octanol–water partition coefficient (Wildman–Crippen LogP) is 6.12. The van der Waals surface area contributed by atoms with Gasteiger partial charge in [0.05, 0.1) is 26.5 Å². The number of aromatic nitrogens is 2. The molecule has 2 atom stereocenters. The van der Waals surface area contributed by atoms with E-state index in [1.807, 2.05) is 0 Å². The van der Waals surface area contributed by atoms with Gasteiger partial charge in [0.1, 0.15) is 11.4 Å². The van der Waals surface area contributed by atoms with E-state index < -0.39 is 24.2 Å². The fourth-order valence-corrected chi connectivity index (χ4v) is 4.37. The quantitative estimate of drug-likeness (QED) is 0.428. The molecule has 2 heterocycles. The van der Waals surface area contributed by atoms with Gasteiger partial charge in [-0.1, -0.05) is 29.3 Å². The monoisotopic (exact) mass is 514 g/mol. The normalized spacial score (nSPS) is 17.5. The summed E-state index contributed by atoms with van der Waals surface area (Å²) in [5, 5.41) is 10.1. The highest BCUT2D eigenvalue weighted by Crippen LogP contribution is 2.45. The maximum absolute atomic E-state index is 14.0. The van der Waals surface area contributed by atoms with Crippen LogP contribution in [0.5, 0.6) is 11.5 Å². The van der Waals surface area contributed by atoms with Crippen LogP contribution in [-0.4, -0.2) is 36.1 Å². The van der Waals surface area contributed by atoms with Crippen LogP contribution in [0.4, 0.5) is 24.7 Å². The lowest BCUT2D eigenvalue weighted by molar-refractivity contribution is -0.173. The third-order valence-electron chi connectivity index (χ3n) is 5.41. The molecular formula is C22H19Cl2F3N4O3. The molecule has 0 saturated heterocycles. The van der Waals surface area contributed by atoms with Crippen LogP contribution in [0.2, 0.25) is 10.0 Å². The average molecular weight is 515 g/mol. The first-order valence-corrected chi connectivity index (χ1v) is 10.8. The first kappa shape index (κ1) is 24.0. The predicted molar refractivity (Wildman–Crippen MR) is 122 cm³/mol. The summed E-state index contributed by atoms with van der Waals surface area (Å²) in [5.41, 5.74) is 0.768. The van der Waals surface area contributed by atoms with Crippen molar-refractivity contribution < 1.29 is 27.4 Å². The second kappa shape index (κ2) is 9.27. The summed E-state index contributed by atoms with van der Waals surface area (Å²) >= 11 is 11.9. The number of hydrogen-bond donors (Lipinski definition) is 2. The molecule has 4 rings (SSSR count). The van der Waals surface area contributed by atoms with Gasteiger partial charge >= 0.3 is 6.18 Å². The highest BCUT2D eigenvalue weighted by atomic mass is 35.5. The van der Waals surface area contributed by atoms with Crippen LogP contribution in [0.15, 0.2) is 42.6 Å². The maximum atomic E-state index is 14.0. The number of carbonyl (C=O) groups excluding carboxylic acids is 1. The molecule has 7 nitrogen and oxygen atoms in total. The smallest absolute Gasteiger partial charge is 0.410 e. The van der Waals surface area contributed by atoms with Crippen molar-refractivity contribution in [2.24, 2.45) is 0 Å². The van der Waals surface area contributed by atoms with Crippen molar-refractivity contribution in [2.45, 2.75) is 24.7 Å². The largest absolute Gasteiger partial charge is 0.493 e. The van der Waals surface area contributed by atoms with Crippen LogP contribution in [0.1, 0.15) is 34.4 Å². The average Bonchev–Trinajstić information content (AvgIpc) is 3.20. The molecule has 1 aromatic heterocycles. The number of nitrogens with one attached hydrogen (secondary N) is 2.